The summed E-state index contributed by atoms with van der Waals surface area (Å²) >= 11 is 1.72. The average molecular weight is 430 g/mol. The van der Waals surface area contributed by atoms with Gasteiger partial charge in [-0.2, -0.15) is 0 Å². The van der Waals surface area contributed by atoms with E-state index >= 15 is 0 Å². The van der Waals surface area contributed by atoms with E-state index in [-0.39, 0.29) is 18.1 Å². The number of ether oxygens (including phenoxy) is 1. The molecular weight excluding hydrogens is 398 g/mol. The first kappa shape index (κ1) is 22.2. The lowest BCUT2D eigenvalue weighted by molar-refractivity contribution is -0.0586. The number of guanidine groups is 1. The first-order valence-electron chi connectivity index (χ1n) is 10.4. The largest absolute Gasteiger partial charge is 0.372 e. The molecule has 1 aliphatic heterocycles. The maximum atomic E-state index is 12.8. The van der Waals surface area contributed by atoms with Crippen LogP contribution in [-0.2, 0) is 24.2 Å². The standard InChI is InChI=1S/C22H31N5O2S/c1-5-19-11-24-20(30-19)12-26-22(23-4)25-10-17-6-8-18(9-7-17)21(28)27-13-15(2)29-16(3)14-27/h6-9,11,15-16H,5,10,12-14H2,1-4H3,(H2,23,25,26). The molecule has 0 bridgehead atoms. The molecule has 1 fully saturated rings. The maximum absolute atomic E-state index is 12.8. The quantitative estimate of drug-likeness (QED) is 0.545. The van der Waals surface area contributed by atoms with Crippen LogP contribution in [0.3, 0.4) is 0 Å². The van der Waals surface area contributed by atoms with E-state index in [9.17, 15) is 4.79 Å². The number of aromatic nitrogens is 1. The summed E-state index contributed by atoms with van der Waals surface area (Å²) < 4.78 is 5.72. The predicted molar refractivity (Wildman–Crippen MR) is 121 cm³/mol. The van der Waals surface area contributed by atoms with Gasteiger partial charge in [0.2, 0.25) is 0 Å². The number of carbonyl (C=O) groups excluding carboxylic acids is 1. The van der Waals surface area contributed by atoms with Crippen molar-refractivity contribution in [2.24, 2.45) is 4.99 Å². The number of aryl methyl sites for hydroxylation is 1. The number of thiazole rings is 1. The smallest absolute Gasteiger partial charge is 0.254 e. The lowest BCUT2D eigenvalue weighted by Crippen LogP contribution is -2.48. The molecule has 2 unspecified atom stereocenters. The summed E-state index contributed by atoms with van der Waals surface area (Å²) in [6.07, 6.45) is 3.07. The molecule has 162 valence electrons. The normalized spacial score (nSPS) is 19.6. The topological polar surface area (TPSA) is 78.8 Å². The summed E-state index contributed by atoms with van der Waals surface area (Å²) in [7, 11) is 1.75. The number of rotatable bonds is 6. The molecule has 2 N–H and O–H groups in total. The molecule has 1 aromatic carbocycles. The number of benzene rings is 1. The lowest BCUT2D eigenvalue weighted by Gasteiger charge is -2.35. The van der Waals surface area contributed by atoms with Gasteiger partial charge in [0, 0.05) is 43.3 Å². The van der Waals surface area contributed by atoms with Crippen LogP contribution in [0.5, 0.6) is 0 Å². The fourth-order valence-corrected chi connectivity index (χ4v) is 4.25. The van der Waals surface area contributed by atoms with Gasteiger partial charge < -0.3 is 20.3 Å². The van der Waals surface area contributed by atoms with Gasteiger partial charge in [0.25, 0.3) is 5.91 Å². The molecule has 3 rings (SSSR count). The molecule has 7 nitrogen and oxygen atoms in total. The van der Waals surface area contributed by atoms with E-state index in [2.05, 4.69) is 27.5 Å². The Balaban J connectivity index is 1.50. The Morgan fingerprint density at radius 2 is 1.87 bits per heavy atom. The second kappa shape index (κ2) is 10.5. The number of hydrogen-bond acceptors (Lipinski definition) is 5. The van der Waals surface area contributed by atoms with Crippen LogP contribution in [0, 0.1) is 0 Å². The van der Waals surface area contributed by atoms with Crippen molar-refractivity contribution in [1.29, 1.82) is 0 Å². The predicted octanol–water partition coefficient (Wildman–Crippen LogP) is 2.82. The zero-order valence-corrected chi connectivity index (χ0v) is 19.0. The third-order valence-electron chi connectivity index (χ3n) is 4.95. The molecule has 2 aromatic rings. The average Bonchev–Trinajstić information content (AvgIpc) is 3.21. The highest BCUT2D eigenvalue weighted by Gasteiger charge is 2.26. The van der Waals surface area contributed by atoms with Crippen molar-refractivity contribution in [2.45, 2.75) is 52.5 Å². The number of nitrogens with zero attached hydrogens (tertiary/aromatic N) is 3. The molecule has 0 spiro atoms. The van der Waals surface area contributed by atoms with Crippen molar-refractivity contribution in [2.75, 3.05) is 20.1 Å². The Hall–Kier alpha value is -2.45. The Morgan fingerprint density at radius 1 is 1.20 bits per heavy atom. The first-order chi connectivity index (χ1) is 14.5. The third kappa shape index (κ3) is 6.03. The van der Waals surface area contributed by atoms with Crippen LogP contribution in [0.15, 0.2) is 35.5 Å². The molecule has 30 heavy (non-hydrogen) atoms. The summed E-state index contributed by atoms with van der Waals surface area (Å²) in [5, 5.41) is 7.64. The summed E-state index contributed by atoms with van der Waals surface area (Å²) in [5.41, 5.74) is 1.79. The number of hydrogen-bond donors (Lipinski definition) is 2. The van der Waals surface area contributed by atoms with E-state index in [0.717, 1.165) is 23.0 Å². The number of morpholine rings is 1. The number of carbonyl (C=O) groups is 1. The van der Waals surface area contributed by atoms with Crippen LogP contribution in [0.1, 0.15) is 46.6 Å². The first-order valence-corrected chi connectivity index (χ1v) is 11.2. The Labute approximate surface area is 182 Å². The van der Waals surface area contributed by atoms with E-state index in [1.807, 2.05) is 49.2 Å². The van der Waals surface area contributed by atoms with Gasteiger partial charge in [0.05, 0.1) is 18.8 Å². The molecule has 1 saturated heterocycles. The summed E-state index contributed by atoms with van der Waals surface area (Å²) in [6.45, 7) is 8.67. The monoisotopic (exact) mass is 429 g/mol. The second-order valence-electron chi connectivity index (χ2n) is 7.52. The van der Waals surface area contributed by atoms with E-state index < -0.39 is 0 Å². The summed E-state index contributed by atoms with van der Waals surface area (Å²) in [5.74, 6) is 0.781. The van der Waals surface area contributed by atoms with Crippen molar-refractivity contribution in [1.82, 2.24) is 20.5 Å². The van der Waals surface area contributed by atoms with Gasteiger partial charge >= 0.3 is 0 Å². The molecule has 1 aliphatic rings. The van der Waals surface area contributed by atoms with E-state index in [0.29, 0.717) is 31.7 Å². The van der Waals surface area contributed by atoms with Gasteiger partial charge in [-0.1, -0.05) is 19.1 Å². The molecule has 0 radical (unpaired) electrons. The van der Waals surface area contributed by atoms with Crippen LogP contribution in [0.25, 0.3) is 0 Å². The Kier molecular flexibility index (Phi) is 7.81. The Morgan fingerprint density at radius 3 is 2.47 bits per heavy atom. The minimum absolute atomic E-state index is 0.0591. The van der Waals surface area contributed by atoms with Crippen molar-refractivity contribution in [3.63, 3.8) is 0 Å². The van der Waals surface area contributed by atoms with Crippen LogP contribution < -0.4 is 10.6 Å². The highest BCUT2D eigenvalue weighted by Crippen LogP contribution is 2.15. The SMILES string of the molecule is CCc1cnc(CNC(=NC)NCc2ccc(C(=O)N3CC(C)OC(C)C3)cc2)s1. The van der Waals surface area contributed by atoms with Crippen LogP contribution in [0.4, 0.5) is 0 Å². The number of amides is 1. The van der Waals surface area contributed by atoms with E-state index in [4.69, 9.17) is 4.74 Å². The van der Waals surface area contributed by atoms with Gasteiger partial charge in [-0.15, -0.1) is 11.3 Å². The zero-order valence-electron chi connectivity index (χ0n) is 18.1. The zero-order chi connectivity index (χ0) is 21.5. The van der Waals surface area contributed by atoms with Gasteiger partial charge in [0.15, 0.2) is 5.96 Å². The molecule has 1 amide bonds. The van der Waals surface area contributed by atoms with Crippen molar-refractivity contribution < 1.29 is 9.53 Å². The van der Waals surface area contributed by atoms with Crippen LogP contribution in [0.2, 0.25) is 0 Å². The van der Waals surface area contributed by atoms with E-state index in [1.165, 1.54) is 4.88 Å². The van der Waals surface area contributed by atoms with Crippen LogP contribution >= 0.6 is 11.3 Å². The molecular formula is C22H31N5O2S. The minimum atomic E-state index is 0.0591. The van der Waals surface area contributed by atoms with Gasteiger partial charge in [0.1, 0.15) is 5.01 Å². The highest BCUT2D eigenvalue weighted by molar-refractivity contribution is 7.11. The summed E-state index contributed by atoms with van der Waals surface area (Å²) in [6, 6.07) is 7.74. The molecule has 2 heterocycles. The molecule has 0 saturated carbocycles. The molecule has 8 heteroatoms. The summed E-state index contributed by atoms with van der Waals surface area (Å²) in [4.78, 5) is 24.6. The van der Waals surface area contributed by atoms with Gasteiger partial charge in [-0.3, -0.25) is 9.79 Å². The highest BCUT2D eigenvalue weighted by atomic mass is 32.1. The number of aliphatic imine (C=N–C) groups is 1. The van der Waals surface area contributed by atoms with Gasteiger partial charge in [-0.25, -0.2) is 4.98 Å². The van der Waals surface area contributed by atoms with Crippen LogP contribution in [-0.4, -0.2) is 54.1 Å². The number of nitrogens with one attached hydrogen (secondary N) is 2. The minimum Gasteiger partial charge on any atom is -0.372 e. The fraction of sp³-hybridized carbons (Fsp3) is 0.500. The Bertz CT molecular complexity index is 855. The van der Waals surface area contributed by atoms with Crippen molar-refractivity contribution >= 4 is 23.2 Å². The lowest BCUT2D eigenvalue weighted by atomic mass is 10.1. The second-order valence-corrected chi connectivity index (χ2v) is 8.72. The molecule has 1 aromatic heterocycles. The van der Waals surface area contributed by atoms with E-state index in [1.54, 1.807) is 18.4 Å². The van der Waals surface area contributed by atoms with Crippen molar-refractivity contribution in [3.8, 4) is 0 Å². The molecule has 0 aliphatic carbocycles. The van der Waals surface area contributed by atoms with Crippen molar-refractivity contribution in [3.05, 3.63) is 51.5 Å². The maximum Gasteiger partial charge on any atom is 0.254 e. The third-order valence-corrected chi connectivity index (χ3v) is 6.09. The molecule has 2 atom stereocenters. The van der Waals surface area contributed by atoms with Gasteiger partial charge in [-0.05, 0) is 38.0 Å². The fourth-order valence-electron chi connectivity index (χ4n) is 3.45.